The number of nitrogens with two attached hydrogens (primary N) is 2. The summed E-state index contributed by atoms with van der Waals surface area (Å²) in [7, 11) is 0. The number of aliphatic hydroxyl groups is 2. The molecule has 384 valence electrons. The Labute approximate surface area is 403 Å². The summed E-state index contributed by atoms with van der Waals surface area (Å²) in [6, 6.07) is -6.15. The van der Waals surface area contributed by atoms with Crippen molar-refractivity contribution in [3.8, 4) is 0 Å². The molecule has 1 saturated heterocycles. The van der Waals surface area contributed by atoms with E-state index in [2.05, 4.69) is 45.1 Å². The van der Waals surface area contributed by atoms with Gasteiger partial charge in [-0.1, -0.05) is 40.3 Å². The summed E-state index contributed by atoms with van der Waals surface area (Å²) in [6.07, 6.45) is 0.595. The number of β-amino-alcohol motifs (C(OH)–C–C–N with tert-alkyl or cyclic N) is 1. The molecule has 7 amide bonds. The average molecular weight is 996 g/mol. The number of likely N-dealkylation sites (tertiary alicyclic amines) is 1. The first-order valence-corrected chi connectivity index (χ1v) is 22.5. The summed E-state index contributed by atoms with van der Waals surface area (Å²) in [5.41, 5.74) is 8.29. The lowest BCUT2D eigenvalue weighted by Crippen LogP contribution is -2.63. The fourth-order valence-electron chi connectivity index (χ4n) is 6.31. The molecule has 1 fully saturated rings. The monoisotopic (exact) mass is 995 g/mol. The number of primary amides is 1. The SMILES string of the molecule is C=C(/C=C\C(=C/C)OC(C)=O)NC(=C)SCC(NC(=O)CNC(=O)[C@@H](NC(=O)CN)[C@@H](C)CC)C(=O)NC(CC(N)=O)C(=O)N1C[C@H](O)C[C@H]1C(=O)NC(O)(C=O)[C@@H](C)[C@H](COC(C)=O)OC(C)=O. The first-order valence-electron chi connectivity index (χ1n) is 21.5. The van der Waals surface area contributed by atoms with Gasteiger partial charge in [-0.2, -0.15) is 0 Å². The highest BCUT2D eigenvalue weighted by molar-refractivity contribution is 8.03. The van der Waals surface area contributed by atoms with E-state index in [0.29, 0.717) is 6.42 Å². The van der Waals surface area contributed by atoms with Crippen LogP contribution in [0.4, 0.5) is 0 Å². The molecule has 9 atom stereocenters. The molecule has 0 radical (unpaired) electrons. The van der Waals surface area contributed by atoms with E-state index in [1.165, 1.54) is 32.1 Å². The van der Waals surface area contributed by atoms with Gasteiger partial charge in [0.05, 0.1) is 36.6 Å². The number of amides is 7. The van der Waals surface area contributed by atoms with Crippen LogP contribution in [0.25, 0.3) is 0 Å². The number of allylic oxidation sites excluding steroid dienone is 3. The number of nitrogens with zero attached hydrogens (tertiary/aromatic N) is 1. The normalized spacial score (nSPS) is 18.0. The molecular formula is C43H65N9O16S. The van der Waals surface area contributed by atoms with Crippen molar-refractivity contribution >= 4 is 77.3 Å². The van der Waals surface area contributed by atoms with Crippen molar-refractivity contribution in [2.24, 2.45) is 23.3 Å². The number of carbonyl (C=O) groups excluding carboxylic acids is 11. The first kappa shape index (κ1) is 60.4. The molecule has 1 aliphatic rings. The molecule has 0 aromatic carbocycles. The Bertz CT molecular complexity index is 2010. The minimum atomic E-state index is -2.82. The maximum absolute atomic E-state index is 14.2. The zero-order valence-electron chi connectivity index (χ0n) is 39.6. The molecule has 3 unspecified atom stereocenters. The minimum absolute atomic E-state index is 0.0861. The Hall–Kier alpha value is -6.64. The topological polar surface area (TPSA) is 383 Å². The molecule has 0 aromatic rings. The Balaban J connectivity index is 3.50. The van der Waals surface area contributed by atoms with E-state index >= 15 is 0 Å². The highest BCUT2D eigenvalue weighted by Crippen LogP contribution is 2.25. The molecule has 25 nitrogen and oxygen atoms in total. The van der Waals surface area contributed by atoms with Crippen LogP contribution in [0.15, 0.2) is 47.9 Å². The van der Waals surface area contributed by atoms with E-state index in [1.54, 1.807) is 20.8 Å². The van der Waals surface area contributed by atoms with Crippen molar-refractivity contribution in [3.05, 3.63) is 47.9 Å². The number of aliphatic hydroxyl groups excluding tert-OH is 1. The Morgan fingerprint density at radius 1 is 0.928 bits per heavy atom. The third-order valence-electron chi connectivity index (χ3n) is 10.2. The molecule has 0 saturated carbocycles. The highest BCUT2D eigenvalue weighted by atomic mass is 32.2. The van der Waals surface area contributed by atoms with Crippen LogP contribution in [-0.2, 0) is 67.0 Å². The Kier molecular flexibility index (Phi) is 25.6. The fraction of sp³-hybridized carbons (Fsp3) is 0.558. The van der Waals surface area contributed by atoms with E-state index in [-0.39, 0.29) is 34.4 Å². The van der Waals surface area contributed by atoms with Gasteiger partial charge in [-0.3, -0.25) is 52.7 Å². The molecule has 1 aliphatic heterocycles. The number of rotatable bonds is 29. The number of thioether (sulfide) groups is 1. The number of ether oxygens (including phenoxy) is 3. The van der Waals surface area contributed by atoms with Gasteiger partial charge in [-0.25, -0.2) is 0 Å². The summed E-state index contributed by atoms with van der Waals surface area (Å²) >= 11 is 0.878. The predicted octanol–water partition coefficient (Wildman–Crippen LogP) is -3.14. The molecule has 0 aromatic heterocycles. The van der Waals surface area contributed by atoms with Crippen LogP contribution >= 0.6 is 11.8 Å². The lowest BCUT2D eigenvalue weighted by atomic mass is 9.92. The molecule has 26 heteroatoms. The second-order valence-corrected chi connectivity index (χ2v) is 16.9. The van der Waals surface area contributed by atoms with Gasteiger partial charge in [0.1, 0.15) is 42.6 Å². The average Bonchev–Trinajstić information content (AvgIpc) is 3.68. The molecular weight excluding hydrogens is 931 g/mol. The van der Waals surface area contributed by atoms with Crippen molar-refractivity contribution in [2.75, 3.05) is 32.0 Å². The van der Waals surface area contributed by atoms with Crippen molar-refractivity contribution in [1.82, 2.24) is 36.8 Å². The van der Waals surface area contributed by atoms with E-state index in [0.717, 1.165) is 30.5 Å². The number of hydrogen-bond donors (Lipinski definition) is 10. The zero-order chi connectivity index (χ0) is 52.8. The van der Waals surface area contributed by atoms with E-state index in [4.69, 9.17) is 25.7 Å². The van der Waals surface area contributed by atoms with E-state index in [1.807, 2.05) is 0 Å². The van der Waals surface area contributed by atoms with Crippen molar-refractivity contribution < 1.29 is 77.2 Å². The molecule has 1 rings (SSSR count). The first-order chi connectivity index (χ1) is 32.2. The van der Waals surface area contributed by atoms with Gasteiger partial charge in [0, 0.05) is 45.2 Å². The van der Waals surface area contributed by atoms with Crippen molar-refractivity contribution in [3.63, 3.8) is 0 Å². The summed E-state index contributed by atoms with van der Waals surface area (Å²) in [4.78, 5) is 141. The fourth-order valence-corrected chi connectivity index (χ4v) is 7.11. The molecule has 1 heterocycles. The van der Waals surface area contributed by atoms with Crippen LogP contribution in [0.5, 0.6) is 0 Å². The number of aldehydes is 1. The molecule has 0 spiro atoms. The van der Waals surface area contributed by atoms with Crippen LogP contribution < -0.4 is 43.4 Å². The standard InChI is InChI=1S/C43H65N9O16S/c1-10-22(3)38(50-36(59)16-44)41(63)46-17-37(60)48-32(20-69-25(6)47-23(4)12-13-30(11-2)67-27(8)55)39(61)49-31(15-35(45)58)42(64)52-18-29(57)14-33(52)40(62)51-43(65,21-53)24(5)34(68-28(9)56)19-66-26(7)54/h11-13,21-22,24,29,31-34,38,47,57,65H,4,6,10,14-20,44H2,1-3,5,7-9H3,(H2,45,58)(H,46,63)(H,48,60)(H,49,61)(H,50,59)(H,51,62)/b13-12-,30-11+/t22-,24-,29+,31?,32?,33-,34-,38-,43?/m0/s1. The minimum Gasteiger partial charge on any atom is -0.462 e. The van der Waals surface area contributed by atoms with Gasteiger partial charge in [0.25, 0.3) is 0 Å². The number of hydrogen-bond acceptors (Lipinski definition) is 19. The molecule has 69 heavy (non-hydrogen) atoms. The third kappa shape index (κ3) is 21.0. The summed E-state index contributed by atoms with van der Waals surface area (Å²) in [6.45, 7) is 15.0. The maximum atomic E-state index is 14.2. The smallest absolute Gasteiger partial charge is 0.308 e. The lowest BCUT2D eigenvalue weighted by Gasteiger charge is -2.36. The van der Waals surface area contributed by atoms with Crippen LogP contribution in [0, 0.1) is 11.8 Å². The summed E-state index contributed by atoms with van der Waals surface area (Å²) in [5, 5.41) is 36.7. The van der Waals surface area contributed by atoms with Crippen LogP contribution in [0.2, 0.25) is 0 Å². The quantitative estimate of drug-likeness (QED) is 0.00884. The number of carbonyl (C=O) groups is 11. The summed E-state index contributed by atoms with van der Waals surface area (Å²) < 4.78 is 15.0. The van der Waals surface area contributed by atoms with E-state index < -0.39 is 146 Å². The van der Waals surface area contributed by atoms with Crippen LogP contribution in [0.1, 0.15) is 67.7 Å². The lowest BCUT2D eigenvalue weighted by molar-refractivity contribution is -0.173. The Morgan fingerprint density at radius 2 is 1.58 bits per heavy atom. The van der Waals surface area contributed by atoms with Gasteiger partial charge < -0.3 is 72.7 Å². The predicted molar refractivity (Wildman–Crippen MR) is 246 cm³/mol. The molecule has 0 bridgehead atoms. The second-order valence-electron chi connectivity index (χ2n) is 15.8. The van der Waals surface area contributed by atoms with E-state index in [9.17, 15) is 63.0 Å². The molecule has 0 aliphatic carbocycles. The Morgan fingerprint density at radius 3 is 2.12 bits per heavy atom. The van der Waals surface area contributed by atoms with Gasteiger partial charge in [-0.05, 0) is 31.1 Å². The van der Waals surface area contributed by atoms with Gasteiger partial charge in [0.2, 0.25) is 47.1 Å². The van der Waals surface area contributed by atoms with Crippen molar-refractivity contribution in [2.45, 2.75) is 110 Å². The van der Waals surface area contributed by atoms with Crippen LogP contribution in [0.3, 0.4) is 0 Å². The number of nitrogens with one attached hydrogen (secondary N) is 6. The summed E-state index contributed by atoms with van der Waals surface area (Å²) in [5.74, 6) is -11.1. The highest BCUT2D eigenvalue weighted by Gasteiger charge is 2.47. The van der Waals surface area contributed by atoms with Gasteiger partial charge >= 0.3 is 17.9 Å². The number of esters is 3. The largest absolute Gasteiger partial charge is 0.462 e. The third-order valence-corrected chi connectivity index (χ3v) is 11.1. The van der Waals surface area contributed by atoms with Gasteiger partial charge in [0.15, 0.2) is 6.29 Å². The van der Waals surface area contributed by atoms with Crippen LogP contribution in [-0.4, -0.2) is 155 Å². The zero-order valence-corrected chi connectivity index (χ0v) is 40.4. The second kappa shape index (κ2) is 29.3. The molecule has 12 N–H and O–H groups in total. The maximum Gasteiger partial charge on any atom is 0.308 e. The van der Waals surface area contributed by atoms with Gasteiger partial charge in [-0.15, -0.1) is 11.8 Å². The van der Waals surface area contributed by atoms with Crippen molar-refractivity contribution in [1.29, 1.82) is 0 Å².